The van der Waals surface area contributed by atoms with Crippen molar-refractivity contribution in [2.75, 3.05) is 0 Å². The Kier molecular flexibility index (Phi) is 16.5. The van der Waals surface area contributed by atoms with Gasteiger partial charge < -0.3 is 27.9 Å². The molecule has 0 rings (SSSR count). The molecule has 0 N–H and O–H groups in total. The zero-order valence-corrected chi connectivity index (χ0v) is 18.4. The molecule has 0 aliphatic rings. The van der Waals surface area contributed by atoms with Crippen LogP contribution < -0.4 is 9.79 Å². The van der Waals surface area contributed by atoms with Crippen LogP contribution in [0.15, 0.2) is 0 Å². The van der Waals surface area contributed by atoms with E-state index < -0.39 is 15.6 Å². The molecule has 0 fully saturated rings. The van der Waals surface area contributed by atoms with E-state index in [4.69, 9.17) is 0 Å². The third-order valence-electron chi connectivity index (χ3n) is 1.36. The second-order valence-electron chi connectivity index (χ2n) is 5.51. The number of rotatable bonds is 8. The van der Waals surface area contributed by atoms with Crippen LogP contribution in [-0.4, -0.2) is 47.5 Å². The molecule has 8 nitrogen and oxygen atoms in total. The summed E-state index contributed by atoms with van der Waals surface area (Å²) in [5.74, 6) is 0. The van der Waals surface area contributed by atoms with Gasteiger partial charge in [0.05, 0.1) is 24.4 Å². The first-order valence-corrected chi connectivity index (χ1v) is 9.94. The molecule has 0 saturated heterocycles. The van der Waals surface area contributed by atoms with Crippen molar-refractivity contribution in [1.29, 1.82) is 0 Å². The minimum atomic E-state index is -4.05. The topological polar surface area (TPSA) is 117 Å². The SMILES string of the molecule is CC(C)OP(=O)([O-])OC(C)C.CC(C)OP(=O)([O-])OC(C)C.[Mg+2]. The normalized spacial score (nSPS) is 12.4. The number of hydrogen-bond donors (Lipinski definition) is 0. The third kappa shape index (κ3) is 23.0. The molecular weight excluding hydrogens is 358 g/mol. The van der Waals surface area contributed by atoms with Crippen molar-refractivity contribution in [1.82, 2.24) is 0 Å². The van der Waals surface area contributed by atoms with Gasteiger partial charge in [-0.2, -0.15) is 0 Å². The molecule has 0 aromatic carbocycles. The average molecular weight is 387 g/mol. The zero-order valence-electron chi connectivity index (χ0n) is 15.2. The van der Waals surface area contributed by atoms with Crippen LogP contribution in [0.2, 0.25) is 0 Å². The Labute approximate surface area is 155 Å². The van der Waals surface area contributed by atoms with E-state index in [9.17, 15) is 18.9 Å². The van der Waals surface area contributed by atoms with Gasteiger partial charge in [0.25, 0.3) is 15.6 Å². The summed E-state index contributed by atoms with van der Waals surface area (Å²) < 4.78 is 39.8. The van der Waals surface area contributed by atoms with Gasteiger partial charge >= 0.3 is 23.1 Å². The maximum atomic E-state index is 10.8. The van der Waals surface area contributed by atoms with Crippen LogP contribution in [0, 0.1) is 0 Å². The third-order valence-corrected chi connectivity index (χ3v) is 4.08. The molecule has 11 heteroatoms. The molecular formula is C12H28MgO8P2. The van der Waals surface area contributed by atoms with Gasteiger partial charge in [-0.15, -0.1) is 0 Å². The van der Waals surface area contributed by atoms with Gasteiger partial charge in [-0.25, -0.2) is 0 Å². The number of phosphoric ester groups is 2. The smallest absolute Gasteiger partial charge is 0.756 e. The Morgan fingerprint density at radius 2 is 0.696 bits per heavy atom. The van der Waals surface area contributed by atoms with E-state index in [0.717, 1.165) is 0 Å². The second-order valence-corrected chi connectivity index (χ2v) is 8.14. The molecule has 0 saturated carbocycles. The fourth-order valence-corrected chi connectivity index (χ4v) is 3.25. The van der Waals surface area contributed by atoms with Crippen LogP contribution in [0.3, 0.4) is 0 Å². The van der Waals surface area contributed by atoms with Gasteiger partial charge in [0, 0.05) is 0 Å². The van der Waals surface area contributed by atoms with Crippen LogP contribution in [0.4, 0.5) is 0 Å². The standard InChI is InChI=1S/2C6H15O4P.Mg/c2*1-5(2)9-11(7,8)10-6(3)4;/h2*5-6H,1-4H3,(H,7,8);/q;;+2/p-2. The van der Waals surface area contributed by atoms with Crippen molar-refractivity contribution in [3.05, 3.63) is 0 Å². The van der Waals surface area contributed by atoms with Crippen molar-refractivity contribution in [2.24, 2.45) is 0 Å². The molecule has 0 aliphatic heterocycles. The Bertz CT molecular complexity index is 323. The molecule has 0 spiro atoms. The Morgan fingerprint density at radius 3 is 0.783 bits per heavy atom. The summed E-state index contributed by atoms with van der Waals surface area (Å²) in [6.45, 7) is 13.1. The van der Waals surface area contributed by atoms with Crippen LogP contribution in [0.25, 0.3) is 0 Å². The van der Waals surface area contributed by atoms with E-state index in [1.54, 1.807) is 55.4 Å². The van der Waals surface area contributed by atoms with E-state index in [2.05, 4.69) is 18.1 Å². The molecule has 0 unspecified atom stereocenters. The second kappa shape index (κ2) is 13.2. The molecule has 136 valence electrons. The van der Waals surface area contributed by atoms with Crippen molar-refractivity contribution in [3.8, 4) is 0 Å². The van der Waals surface area contributed by atoms with E-state index in [1.165, 1.54) is 0 Å². The molecule has 0 aliphatic carbocycles. The predicted molar refractivity (Wildman–Crippen MR) is 85.9 cm³/mol. The molecule has 0 amide bonds. The van der Waals surface area contributed by atoms with E-state index in [1.807, 2.05) is 0 Å². The summed E-state index contributed by atoms with van der Waals surface area (Å²) in [6.07, 6.45) is -1.46. The summed E-state index contributed by atoms with van der Waals surface area (Å²) in [5, 5.41) is 0. The van der Waals surface area contributed by atoms with Crippen molar-refractivity contribution in [2.45, 2.75) is 79.8 Å². The Morgan fingerprint density at radius 1 is 0.565 bits per heavy atom. The van der Waals surface area contributed by atoms with E-state index in [-0.39, 0.29) is 47.5 Å². The van der Waals surface area contributed by atoms with Crippen molar-refractivity contribution in [3.63, 3.8) is 0 Å². The fraction of sp³-hybridized carbons (Fsp3) is 1.00. The molecule has 0 aromatic rings. The van der Waals surface area contributed by atoms with Crippen LogP contribution in [0.1, 0.15) is 55.4 Å². The van der Waals surface area contributed by atoms with Crippen molar-refractivity contribution >= 4 is 38.7 Å². The maximum absolute atomic E-state index is 10.8. The summed E-state index contributed by atoms with van der Waals surface area (Å²) >= 11 is 0. The zero-order chi connectivity index (χ0) is 18.1. The minimum Gasteiger partial charge on any atom is -0.756 e. The van der Waals surface area contributed by atoms with Gasteiger partial charge in [0.2, 0.25) is 0 Å². The average Bonchev–Trinajstić information content (AvgIpc) is 2.06. The van der Waals surface area contributed by atoms with Crippen molar-refractivity contribution < 1.29 is 37.0 Å². The molecule has 0 atom stereocenters. The summed E-state index contributed by atoms with van der Waals surface area (Å²) in [6, 6.07) is 0. The molecule has 0 radical (unpaired) electrons. The van der Waals surface area contributed by atoms with Crippen LogP contribution in [-0.2, 0) is 27.2 Å². The molecule has 0 aromatic heterocycles. The van der Waals surface area contributed by atoms with E-state index in [0.29, 0.717) is 0 Å². The first kappa shape index (κ1) is 28.8. The molecule has 0 heterocycles. The largest absolute Gasteiger partial charge is 2.00 e. The number of phosphoric acid groups is 2. The maximum Gasteiger partial charge on any atom is 2.00 e. The van der Waals surface area contributed by atoms with Gasteiger partial charge in [0.15, 0.2) is 0 Å². The Balaban J connectivity index is -0.000000333. The van der Waals surface area contributed by atoms with Gasteiger partial charge in [0.1, 0.15) is 0 Å². The molecule has 23 heavy (non-hydrogen) atoms. The summed E-state index contributed by atoms with van der Waals surface area (Å²) in [7, 11) is -8.11. The first-order chi connectivity index (χ1) is 9.67. The summed E-state index contributed by atoms with van der Waals surface area (Å²) in [4.78, 5) is 21.7. The monoisotopic (exact) mass is 386 g/mol. The van der Waals surface area contributed by atoms with Crippen LogP contribution >= 0.6 is 15.6 Å². The van der Waals surface area contributed by atoms with Gasteiger partial charge in [-0.1, -0.05) is 0 Å². The van der Waals surface area contributed by atoms with Gasteiger partial charge in [-0.05, 0) is 55.4 Å². The number of hydrogen-bond acceptors (Lipinski definition) is 8. The quantitative estimate of drug-likeness (QED) is 0.460. The molecule has 0 bridgehead atoms. The van der Waals surface area contributed by atoms with E-state index >= 15 is 0 Å². The van der Waals surface area contributed by atoms with Gasteiger partial charge in [-0.3, -0.25) is 9.13 Å². The minimum absolute atomic E-state index is 0. The first-order valence-electron chi connectivity index (χ1n) is 7.02. The van der Waals surface area contributed by atoms with Crippen LogP contribution in [0.5, 0.6) is 0 Å². The summed E-state index contributed by atoms with van der Waals surface area (Å²) in [5.41, 5.74) is 0. The predicted octanol–water partition coefficient (Wildman–Crippen LogP) is 2.23. The fourth-order valence-electron chi connectivity index (χ4n) is 1.08. The Hall–Kier alpha value is 0.986.